The Balaban J connectivity index is 1.77. The van der Waals surface area contributed by atoms with Crippen LogP contribution < -0.4 is 5.32 Å². The zero-order valence-electron chi connectivity index (χ0n) is 10.4. The fourth-order valence-corrected chi connectivity index (χ4v) is 2.69. The number of amides is 1. The van der Waals surface area contributed by atoms with Gasteiger partial charge in [0.25, 0.3) is 5.91 Å². The van der Waals surface area contributed by atoms with E-state index in [-0.39, 0.29) is 5.91 Å². The van der Waals surface area contributed by atoms with Crippen LogP contribution in [0.4, 0.5) is 0 Å². The summed E-state index contributed by atoms with van der Waals surface area (Å²) < 4.78 is 1.62. The Morgan fingerprint density at radius 2 is 2.35 bits per heavy atom. The normalized spacial score (nSPS) is 14.2. The second-order valence-electron chi connectivity index (χ2n) is 4.14. The minimum Gasteiger partial charge on any atom is -0.301 e. The van der Waals surface area contributed by atoms with Crippen molar-refractivity contribution in [2.45, 2.75) is 0 Å². The second-order valence-corrected chi connectivity index (χ2v) is 5.66. The Kier molecular flexibility index (Phi) is 3.75. The number of hydrogen-bond acceptors (Lipinski definition) is 4. The number of aliphatic imine (C=N–C) groups is 1. The van der Waals surface area contributed by atoms with Gasteiger partial charge in [-0.05, 0) is 18.2 Å². The van der Waals surface area contributed by atoms with E-state index in [0.717, 1.165) is 18.0 Å². The van der Waals surface area contributed by atoms with E-state index >= 15 is 0 Å². The van der Waals surface area contributed by atoms with E-state index in [2.05, 4.69) is 15.4 Å². The number of halogens is 1. The second kappa shape index (κ2) is 5.68. The van der Waals surface area contributed by atoms with Crippen molar-refractivity contribution in [2.75, 3.05) is 12.3 Å². The summed E-state index contributed by atoms with van der Waals surface area (Å²) in [6, 6.07) is 7.28. The van der Waals surface area contributed by atoms with Gasteiger partial charge in [-0.15, -0.1) is 0 Å². The molecule has 0 aliphatic carbocycles. The van der Waals surface area contributed by atoms with Crippen LogP contribution in [0.1, 0.15) is 10.4 Å². The SMILES string of the molecule is O=C(NC1=NCCS1)c1cnn(-c2cccc(Cl)c2)c1. The molecule has 7 heteroatoms. The first kappa shape index (κ1) is 13.2. The van der Waals surface area contributed by atoms with Crippen LogP contribution in [-0.4, -0.2) is 33.2 Å². The van der Waals surface area contributed by atoms with Crippen LogP contribution in [0.3, 0.4) is 0 Å². The summed E-state index contributed by atoms with van der Waals surface area (Å²) in [4.78, 5) is 16.2. The van der Waals surface area contributed by atoms with E-state index in [9.17, 15) is 4.79 Å². The maximum atomic E-state index is 12.0. The number of amidine groups is 1. The van der Waals surface area contributed by atoms with Crippen molar-refractivity contribution >= 4 is 34.4 Å². The van der Waals surface area contributed by atoms with Crippen LogP contribution in [-0.2, 0) is 0 Å². The van der Waals surface area contributed by atoms with E-state index in [0.29, 0.717) is 15.8 Å². The van der Waals surface area contributed by atoms with Crippen LogP contribution in [0.5, 0.6) is 0 Å². The highest BCUT2D eigenvalue weighted by Crippen LogP contribution is 2.15. The van der Waals surface area contributed by atoms with Gasteiger partial charge in [0.1, 0.15) is 0 Å². The lowest BCUT2D eigenvalue weighted by Gasteiger charge is -2.02. The van der Waals surface area contributed by atoms with E-state index in [1.165, 1.54) is 6.20 Å². The lowest BCUT2D eigenvalue weighted by molar-refractivity contribution is 0.0978. The summed E-state index contributed by atoms with van der Waals surface area (Å²) in [5, 5.41) is 8.24. The Morgan fingerprint density at radius 3 is 3.10 bits per heavy atom. The molecule has 2 heterocycles. The van der Waals surface area contributed by atoms with Crippen molar-refractivity contribution < 1.29 is 4.79 Å². The van der Waals surface area contributed by atoms with Crippen molar-refractivity contribution in [3.05, 3.63) is 47.2 Å². The standard InChI is InChI=1S/C13H11ClN4OS/c14-10-2-1-3-11(6-10)18-8-9(7-16-18)12(19)17-13-15-4-5-20-13/h1-3,6-8H,4-5H2,(H,15,17,19). The van der Waals surface area contributed by atoms with Gasteiger partial charge in [0.2, 0.25) is 0 Å². The number of benzene rings is 1. The average molecular weight is 307 g/mol. The van der Waals surface area contributed by atoms with Gasteiger partial charge >= 0.3 is 0 Å². The molecule has 0 radical (unpaired) electrons. The Bertz CT molecular complexity index is 683. The van der Waals surface area contributed by atoms with Crippen molar-refractivity contribution in [2.24, 2.45) is 4.99 Å². The highest BCUT2D eigenvalue weighted by molar-refractivity contribution is 8.14. The van der Waals surface area contributed by atoms with E-state index < -0.39 is 0 Å². The quantitative estimate of drug-likeness (QED) is 0.926. The fourth-order valence-electron chi connectivity index (χ4n) is 1.78. The van der Waals surface area contributed by atoms with Gasteiger partial charge < -0.3 is 5.32 Å². The molecule has 1 aromatic carbocycles. The molecule has 5 nitrogen and oxygen atoms in total. The number of carbonyl (C=O) groups is 1. The summed E-state index contributed by atoms with van der Waals surface area (Å²) >= 11 is 7.48. The highest BCUT2D eigenvalue weighted by atomic mass is 35.5. The lowest BCUT2D eigenvalue weighted by atomic mass is 10.3. The number of hydrogen-bond donors (Lipinski definition) is 1. The van der Waals surface area contributed by atoms with Gasteiger partial charge in [-0.25, -0.2) is 4.68 Å². The highest BCUT2D eigenvalue weighted by Gasteiger charge is 2.14. The Morgan fingerprint density at radius 1 is 1.45 bits per heavy atom. The van der Waals surface area contributed by atoms with Crippen LogP contribution >= 0.6 is 23.4 Å². The molecule has 2 aromatic rings. The summed E-state index contributed by atoms with van der Waals surface area (Å²) in [5.41, 5.74) is 1.30. The number of nitrogens with one attached hydrogen (secondary N) is 1. The molecule has 1 aromatic heterocycles. The van der Waals surface area contributed by atoms with Crippen molar-refractivity contribution in [1.82, 2.24) is 15.1 Å². The third kappa shape index (κ3) is 2.86. The molecule has 0 unspecified atom stereocenters. The Labute approximate surface area is 125 Å². The predicted molar refractivity (Wildman–Crippen MR) is 80.8 cm³/mol. The average Bonchev–Trinajstić information content (AvgIpc) is 3.09. The molecule has 0 atom stereocenters. The molecule has 0 saturated heterocycles. The summed E-state index contributed by atoms with van der Waals surface area (Å²) in [5.74, 6) is 0.712. The molecule has 3 rings (SSSR count). The molecular formula is C13H11ClN4OS. The lowest BCUT2D eigenvalue weighted by Crippen LogP contribution is -2.26. The maximum Gasteiger partial charge on any atom is 0.260 e. The van der Waals surface area contributed by atoms with Gasteiger partial charge in [-0.3, -0.25) is 9.79 Å². The van der Waals surface area contributed by atoms with Crippen LogP contribution in [0.25, 0.3) is 5.69 Å². The minimum atomic E-state index is -0.202. The third-order valence-electron chi connectivity index (χ3n) is 2.72. The van der Waals surface area contributed by atoms with E-state index in [4.69, 9.17) is 11.6 Å². The molecule has 1 aliphatic rings. The third-order valence-corrected chi connectivity index (χ3v) is 3.85. The molecule has 0 bridgehead atoms. The first-order valence-corrected chi connectivity index (χ1v) is 7.38. The maximum absolute atomic E-state index is 12.0. The molecule has 1 amide bonds. The van der Waals surface area contributed by atoms with Gasteiger partial charge in [0.15, 0.2) is 5.17 Å². The van der Waals surface area contributed by atoms with E-state index in [1.54, 1.807) is 34.8 Å². The molecule has 0 spiro atoms. The predicted octanol–water partition coefficient (Wildman–Crippen LogP) is 2.36. The zero-order chi connectivity index (χ0) is 13.9. The molecule has 1 aliphatic heterocycles. The largest absolute Gasteiger partial charge is 0.301 e. The van der Waals surface area contributed by atoms with Gasteiger partial charge in [0.05, 0.1) is 24.0 Å². The molecule has 1 N–H and O–H groups in total. The molecule has 20 heavy (non-hydrogen) atoms. The van der Waals surface area contributed by atoms with Gasteiger partial charge in [0, 0.05) is 17.0 Å². The van der Waals surface area contributed by atoms with Gasteiger partial charge in [-0.2, -0.15) is 5.10 Å². The summed E-state index contributed by atoms with van der Waals surface area (Å²) in [6.07, 6.45) is 3.19. The summed E-state index contributed by atoms with van der Waals surface area (Å²) in [6.45, 7) is 0.752. The fraction of sp³-hybridized carbons (Fsp3) is 0.154. The van der Waals surface area contributed by atoms with Crippen LogP contribution in [0, 0.1) is 0 Å². The smallest absolute Gasteiger partial charge is 0.260 e. The summed E-state index contributed by atoms with van der Waals surface area (Å²) in [7, 11) is 0. The zero-order valence-corrected chi connectivity index (χ0v) is 12.0. The first-order valence-electron chi connectivity index (χ1n) is 6.01. The minimum absolute atomic E-state index is 0.202. The van der Waals surface area contributed by atoms with Crippen molar-refractivity contribution in [1.29, 1.82) is 0 Å². The van der Waals surface area contributed by atoms with Crippen LogP contribution in [0.2, 0.25) is 5.02 Å². The first-order chi connectivity index (χ1) is 9.72. The Hall–Kier alpha value is -1.79. The monoisotopic (exact) mass is 306 g/mol. The number of nitrogens with zero attached hydrogens (tertiary/aromatic N) is 3. The number of carbonyl (C=O) groups excluding carboxylic acids is 1. The van der Waals surface area contributed by atoms with E-state index in [1.807, 2.05) is 12.1 Å². The topological polar surface area (TPSA) is 59.3 Å². The molecule has 0 fully saturated rings. The van der Waals surface area contributed by atoms with Crippen LogP contribution in [0.15, 0.2) is 41.7 Å². The molecule has 102 valence electrons. The van der Waals surface area contributed by atoms with Crippen molar-refractivity contribution in [3.8, 4) is 5.69 Å². The molecular weight excluding hydrogens is 296 g/mol. The number of rotatable bonds is 2. The van der Waals surface area contributed by atoms with Crippen molar-refractivity contribution in [3.63, 3.8) is 0 Å². The molecule has 0 saturated carbocycles. The number of aromatic nitrogens is 2. The van der Waals surface area contributed by atoms with Gasteiger partial charge in [-0.1, -0.05) is 29.4 Å². The number of thioether (sulfide) groups is 1.